The average molecular weight is 747 g/mol. The number of piperidine rings is 1. The quantitative estimate of drug-likeness (QED) is 0.162. The van der Waals surface area contributed by atoms with E-state index in [1.54, 1.807) is 7.11 Å². The minimum Gasteiger partial charge on any atom is -0.496 e. The Balaban J connectivity index is 1.14. The van der Waals surface area contributed by atoms with E-state index in [0.717, 1.165) is 96.7 Å². The fourth-order valence-electron chi connectivity index (χ4n) is 8.20. The Morgan fingerprint density at radius 3 is 2.43 bits per heavy atom. The van der Waals surface area contributed by atoms with Gasteiger partial charge < -0.3 is 29.5 Å². The van der Waals surface area contributed by atoms with Crippen LogP contribution in [-0.2, 0) is 22.6 Å². The van der Waals surface area contributed by atoms with Gasteiger partial charge in [0.25, 0.3) is 5.91 Å². The van der Waals surface area contributed by atoms with Crippen LogP contribution in [0.4, 0.5) is 8.78 Å². The lowest BCUT2D eigenvalue weighted by Gasteiger charge is -2.44. The molecule has 1 saturated carbocycles. The number of fused-ring (bicyclic) bond motifs is 2. The molecule has 1 aliphatic carbocycles. The van der Waals surface area contributed by atoms with Gasteiger partial charge in [0.1, 0.15) is 16.6 Å². The van der Waals surface area contributed by atoms with Gasteiger partial charge in [0.05, 0.1) is 13.7 Å². The summed E-state index contributed by atoms with van der Waals surface area (Å²) in [5.74, 6) is -0.752. The lowest BCUT2D eigenvalue weighted by Crippen LogP contribution is -2.56. The maximum absolute atomic E-state index is 15.0. The fraction of sp³-hybridized carbons (Fsp3) is 0.476. The number of piperazine rings is 1. The second-order valence-corrected chi connectivity index (χ2v) is 15.4. The topological polar surface area (TPSA) is 74.3 Å². The average Bonchev–Trinajstić information content (AvgIpc) is 4.01. The van der Waals surface area contributed by atoms with Crippen LogP contribution < -0.4 is 14.8 Å². The summed E-state index contributed by atoms with van der Waals surface area (Å²) >= 11 is 5.92. The zero-order valence-corrected chi connectivity index (χ0v) is 31.6. The molecule has 3 atom stereocenters. The van der Waals surface area contributed by atoms with Gasteiger partial charge in [-0.2, -0.15) is 0 Å². The molecular weight excluding hydrogens is 698 g/mol. The maximum Gasteiger partial charge on any atom is 0.252 e. The Bertz CT molecular complexity index is 1860. The molecule has 282 valence electrons. The number of aryl methyl sites for hydroxylation is 1. The van der Waals surface area contributed by atoms with Crippen LogP contribution in [0.25, 0.3) is 5.57 Å². The second kappa shape index (κ2) is 16.2. The Hall–Kier alpha value is -3.99. The zero-order valence-electron chi connectivity index (χ0n) is 30.8. The van der Waals surface area contributed by atoms with E-state index in [1.165, 1.54) is 0 Å². The highest BCUT2D eigenvalue weighted by Crippen LogP contribution is 2.42. The minimum atomic E-state index is -0.722. The first-order valence-electron chi connectivity index (χ1n) is 18.9. The van der Waals surface area contributed by atoms with Gasteiger partial charge in [-0.15, -0.1) is 0 Å². The number of methoxy groups -OCH3 is 1. The van der Waals surface area contributed by atoms with Crippen molar-refractivity contribution in [2.45, 2.75) is 76.5 Å². The smallest absolute Gasteiger partial charge is 0.252 e. The van der Waals surface area contributed by atoms with Crippen molar-refractivity contribution in [3.8, 4) is 11.5 Å². The third kappa shape index (κ3) is 8.25. The number of carbonyl (C=O) groups excluding carboxylic acids is 2. The van der Waals surface area contributed by atoms with Crippen molar-refractivity contribution in [2.75, 3.05) is 46.9 Å². The molecular formula is C42H49ClF2N4O4. The molecule has 4 aliphatic rings. The Morgan fingerprint density at radius 1 is 0.981 bits per heavy atom. The number of ether oxygens (including phenoxy) is 2. The van der Waals surface area contributed by atoms with Crippen LogP contribution in [0, 0.1) is 24.5 Å². The summed E-state index contributed by atoms with van der Waals surface area (Å²) in [6.45, 7) is 5.95. The first kappa shape index (κ1) is 37.3. The number of nitrogens with zero attached hydrogens (tertiary/aromatic N) is 3. The number of amides is 2. The third-order valence-electron chi connectivity index (χ3n) is 11.4. The first-order chi connectivity index (χ1) is 25.6. The molecule has 11 heteroatoms. The summed E-state index contributed by atoms with van der Waals surface area (Å²) in [6.07, 6.45) is 5.19. The van der Waals surface area contributed by atoms with Crippen molar-refractivity contribution in [3.63, 3.8) is 0 Å². The first-order valence-corrected chi connectivity index (χ1v) is 19.2. The lowest BCUT2D eigenvalue weighted by molar-refractivity contribution is -0.139. The van der Waals surface area contributed by atoms with Gasteiger partial charge >= 0.3 is 0 Å². The standard InChI is InChI=1S/C42H49ClF2N4O4/c1-26-29(7-4-8-37(26)52-3)25-49(32-13-14-32)42(51)38-33(24-31-22-30(23-36(38)46-31)41(50)48-19-17-47(2)18-20-48)28-11-9-27(10-12-28)6-5-21-53-40-35(45)16-15-34(44)39(40)43/h4,7-12,15-16,30-32,36,46H,5-6,13-14,17-25H2,1-3H3. The Labute approximate surface area is 316 Å². The Morgan fingerprint density at radius 2 is 1.72 bits per heavy atom. The van der Waals surface area contributed by atoms with Gasteiger partial charge in [-0.1, -0.05) is 48.0 Å². The largest absolute Gasteiger partial charge is 0.496 e. The Kier molecular flexibility index (Phi) is 11.4. The van der Waals surface area contributed by atoms with E-state index < -0.39 is 11.6 Å². The SMILES string of the molecule is COc1cccc(CN(C(=O)C2=C(c3ccc(CCCOc4c(F)ccc(F)c4Cl)cc3)CC3CC(C(=O)N4CCN(C)CC4)CC2N3)C2CC2)c1C. The van der Waals surface area contributed by atoms with Crippen LogP contribution in [-0.4, -0.2) is 91.6 Å². The molecule has 2 bridgehead atoms. The van der Waals surface area contributed by atoms with Gasteiger partial charge in [0, 0.05) is 62.3 Å². The van der Waals surface area contributed by atoms with Crippen molar-refractivity contribution in [1.29, 1.82) is 0 Å². The number of likely N-dealkylation sites (N-methyl/N-ethyl adjacent to an activating group) is 1. The van der Waals surface area contributed by atoms with Gasteiger partial charge in [-0.3, -0.25) is 9.59 Å². The van der Waals surface area contributed by atoms with Gasteiger partial charge in [-0.05, 0) is 105 Å². The molecule has 0 radical (unpaired) electrons. The highest BCUT2D eigenvalue weighted by molar-refractivity contribution is 6.32. The van der Waals surface area contributed by atoms with Crippen LogP contribution in [0.15, 0.2) is 60.2 Å². The summed E-state index contributed by atoms with van der Waals surface area (Å²) in [7, 11) is 3.76. The molecule has 2 saturated heterocycles. The lowest BCUT2D eigenvalue weighted by atomic mass is 9.74. The molecule has 3 aromatic rings. The third-order valence-corrected chi connectivity index (χ3v) is 11.8. The van der Waals surface area contributed by atoms with E-state index in [9.17, 15) is 18.4 Å². The van der Waals surface area contributed by atoms with Gasteiger partial charge in [0.15, 0.2) is 11.6 Å². The predicted molar refractivity (Wildman–Crippen MR) is 202 cm³/mol. The molecule has 3 fully saturated rings. The summed E-state index contributed by atoms with van der Waals surface area (Å²) < 4.78 is 39.1. The molecule has 3 aromatic carbocycles. The second-order valence-electron chi connectivity index (χ2n) is 15.0. The van der Waals surface area contributed by atoms with E-state index in [2.05, 4.69) is 47.6 Å². The van der Waals surface area contributed by atoms with Crippen LogP contribution in [0.3, 0.4) is 0 Å². The van der Waals surface area contributed by atoms with Crippen LogP contribution >= 0.6 is 11.6 Å². The number of nitrogens with one attached hydrogen (secondary N) is 1. The molecule has 3 aliphatic heterocycles. The summed E-state index contributed by atoms with van der Waals surface area (Å²) in [4.78, 5) is 35.2. The number of rotatable bonds is 12. The zero-order chi connectivity index (χ0) is 37.2. The van der Waals surface area contributed by atoms with E-state index in [4.69, 9.17) is 21.1 Å². The number of carbonyl (C=O) groups is 2. The number of hydrogen-bond acceptors (Lipinski definition) is 6. The van der Waals surface area contributed by atoms with Crippen LogP contribution in [0.1, 0.15) is 60.8 Å². The van der Waals surface area contributed by atoms with Crippen molar-refractivity contribution in [2.24, 2.45) is 5.92 Å². The van der Waals surface area contributed by atoms with Crippen molar-refractivity contribution < 1.29 is 27.8 Å². The van der Waals surface area contributed by atoms with E-state index in [-0.39, 0.29) is 53.2 Å². The molecule has 2 amide bonds. The maximum atomic E-state index is 15.0. The highest BCUT2D eigenvalue weighted by Gasteiger charge is 2.45. The number of benzene rings is 3. The van der Waals surface area contributed by atoms with Crippen molar-refractivity contribution >= 4 is 29.0 Å². The molecule has 0 spiro atoms. The number of hydrogen-bond donors (Lipinski definition) is 1. The van der Waals surface area contributed by atoms with Gasteiger partial charge in [-0.25, -0.2) is 8.78 Å². The highest BCUT2D eigenvalue weighted by atomic mass is 35.5. The van der Waals surface area contributed by atoms with Crippen molar-refractivity contribution in [1.82, 2.24) is 20.0 Å². The monoisotopic (exact) mass is 746 g/mol. The molecule has 3 unspecified atom stereocenters. The molecule has 7 rings (SSSR count). The molecule has 3 heterocycles. The summed E-state index contributed by atoms with van der Waals surface area (Å²) in [5.41, 5.74) is 6.00. The molecule has 1 N–H and O–H groups in total. The normalized spacial score (nSPS) is 21.8. The molecule has 8 nitrogen and oxygen atoms in total. The summed E-state index contributed by atoms with van der Waals surface area (Å²) in [5, 5.41) is 3.43. The predicted octanol–water partition coefficient (Wildman–Crippen LogP) is 6.81. The molecule has 53 heavy (non-hydrogen) atoms. The van der Waals surface area contributed by atoms with Crippen molar-refractivity contribution in [3.05, 3.63) is 99.1 Å². The van der Waals surface area contributed by atoms with E-state index in [0.29, 0.717) is 32.2 Å². The minimum absolute atomic E-state index is 0.0397. The number of halogens is 3. The van der Waals surface area contributed by atoms with E-state index >= 15 is 0 Å². The van der Waals surface area contributed by atoms with Crippen LogP contribution in [0.2, 0.25) is 5.02 Å². The van der Waals surface area contributed by atoms with E-state index in [1.807, 2.05) is 28.9 Å². The molecule has 0 aromatic heterocycles. The fourth-order valence-corrected chi connectivity index (χ4v) is 8.41. The summed E-state index contributed by atoms with van der Waals surface area (Å²) in [6, 6.07) is 16.3. The van der Waals surface area contributed by atoms with Gasteiger partial charge in [0.2, 0.25) is 5.91 Å². The van der Waals surface area contributed by atoms with Crippen LogP contribution in [0.5, 0.6) is 11.5 Å².